The smallest absolute Gasteiger partial charge is 0.327 e. The minimum Gasteiger partial charge on any atom is -0.478 e. The lowest BCUT2D eigenvalue weighted by Crippen LogP contribution is -2.60. The minimum atomic E-state index is -0.981. The van der Waals surface area contributed by atoms with Crippen molar-refractivity contribution in [2.45, 2.75) is 87.6 Å². The largest absolute Gasteiger partial charge is 0.478 e. The van der Waals surface area contributed by atoms with Crippen LogP contribution in [0.4, 0.5) is 0 Å². The SMILES string of the molecule is C=CC(=O)O.C=CC(=O)O.OC1C2CC3CC(C2)CC1(O)C3.OC1C2CC3CC(C2)CC1(O)C3. The van der Waals surface area contributed by atoms with Gasteiger partial charge in [-0.25, -0.2) is 9.59 Å². The number of hydrogen-bond donors (Lipinski definition) is 6. The minimum absolute atomic E-state index is 0.412. The molecule has 8 heteroatoms. The Balaban J connectivity index is 0.000000139. The number of rotatable bonds is 2. The first kappa shape index (κ1) is 26.9. The Morgan fingerprint density at radius 3 is 1.03 bits per heavy atom. The van der Waals surface area contributed by atoms with Crippen LogP contribution >= 0.6 is 0 Å². The lowest BCUT2D eigenvalue weighted by atomic mass is 9.53. The highest BCUT2D eigenvalue weighted by Crippen LogP contribution is 2.56. The average molecular weight is 481 g/mol. The second-order valence-corrected chi connectivity index (χ2v) is 11.4. The van der Waals surface area contributed by atoms with Crippen molar-refractivity contribution in [1.29, 1.82) is 0 Å². The number of carboxylic acid groups (broad SMARTS) is 2. The molecule has 0 aromatic carbocycles. The molecule has 34 heavy (non-hydrogen) atoms. The zero-order chi connectivity index (χ0) is 25.3. The fourth-order valence-electron chi connectivity index (χ4n) is 7.94. The summed E-state index contributed by atoms with van der Waals surface area (Å²) in [6, 6.07) is 0. The van der Waals surface area contributed by atoms with Crippen molar-refractivity contribution in [2.24, 2.45) is 35.5 Å². The van der Waals surface area contributed by atoms with Gasteiger partial charge in [0.1, 0.15) is 0 Å². The third-order valence-corrected chi connectivity index (χ3v) is 8.79. The van der Waals surface area contributed by atoms with E-state index in [4.69, 9.17) is 10.2 Å². The first-order valence-electron chi connectivity index (χ1n) is 12.4. The second kappa shape index (κ2) is 10.5. The van der Waals surface area contributed by atoms with Gasteiger partial charge in [-0.2, -0.15) is 0 Å². The molecule has 0 spiro atoms. The van der Waals surface area contributed by atoms with E-state index in [1.807, 2.05) is 0 Å². The number of aliphatic hydroxyl groups is 4. The van der Waals surface area contributed by atoms with Crippen molar-refractivity contribution in [1.82, 2.24) is 0 Å². The topological polar surface area (TPSA) is 156 Å². The molecule has 0 heterocycles. The molecule has 0 aromatic rings. The second-order valence-electron chi connectivity index (χ2n) is 11.4. The van der Waals surface area contributed by atoms with E-state index in [0.717, 1.165) is 61.5 Å². The Bertz CT molecular complexity index is 687. The van der Waals surface area contributed by atoms with Gasteiger partial charge in [0.25, 0.3) is 0 Å². The molecule has 8 aliphatic rings. The number of aliphatic hydroxyl groups excluding tert-OH is 2. The Hall–Kier alpha value is -1.74. The van der Waals surface area contributed by atoms with E-state index in [9.17, 15) is 30.0 Å². The summed E-state index contributed by atoms with van der Waals surface area (Å²) in [6.45, 7) is 5.92. The van der Waals surface area contributed by atoms with Gasteiger partial charge < -0.3 is 30.6 Å². The monoisotopic (exact) mass is 480 g/mol. The lowest BCUT2D eigenvalue weighted by Gasteiger charge is -2.57. The van der Waals surface area contributed by atoms with E-state index >= 15 is 0 Å². The Kier molecular flexibility index (Phi) is 8.28. The highest BCUT2D eigenvalue weighted by molar-refractivity contribution is 5.79. The first-order valence-corrected chi connectivity index (χ1v) is 12.4. The quantitative estimate of drug-likeness (QED) is 0.329. The number of aliphatic carboxylic acids is 2. The van der Waals surface area contributed by atoms with E-state index in [2.05, 4.69) is 13.2 Å². The Morgan fingerprint density at radius 2 is 0.853 bits per heavy atom. The highest BCUT2D eigenvalue weighted by Gasteiger charge is 2.56. The fraction of sp³-hybridized carbons (Fsp3) is 0.769. The van der Waals surface area contributed by atoms with Crippen LogP contribution in [0.1, 0.15) is 64.2 Å². The van der Waals surface area contributed by atoms with Crippen LogP contribution in [0.25, 0.3) is 0 Å². The standard InChI is InChI=1S/2C10H16O2.2C3H4O2/c2*11-9-8-2-6-1-7(3-8)5-10(9,12)4-6;2*1-2-3(4)5/h2*6-9,11-12H,1-5H2;2*2H,1H2,(H,4,5). The van der Waals surface area contributed by atoms with Crippen molar-refractivity contribution in [3.05, 3.63) is 25.3 Å². The molecule has 0 amide bonds. The molecule has 6 unspecified atom stereocenters. The van der Waals surface area contributed by atoms with Crippen LogP contribution in [-0.4, -0.2) is 66.0 Å². The summed E-state index contributed by atoms with van der Waals surface area (Å²) in [4.78, 5) is 18.5. The number of hydrogen-bond acceptors (Lipinski definition) is 6. The maximum Gasteiger partial charge on any atom is 0.327 e. The van der Waals surface area contributed by atoms with Crippen molar-refractivity contribution >= 4 is 11.9 Å². The summed E-state index contributed by atoms with van der Waals surface area (Å²) in [5.74, 6) is 1.75. The first-order chi connectivity index (χ1) is 15.9. The van der Waals surface area contributed by atoms with Crippen molar-refractivity contribution in [2.75, 3.05) is 0 Å². The molecule has 6 N–H and O–H groups in total. The van der Waals surface area contributed by atoms with Gasteiger partial charge in [-0.1, -0.05) is 13.2 Å². The molecule has 8 fully saturated rings. The molecule has 0 saturated heterocycles. The van der Waals surface area contributed by atoms with Crippen LogP contribution in [0.3, 0.4) is 0 Å². The fourth-order valence-corrected chi connectivity index (χ4v) is 7.94. The molecule has 0 radical (unpaired) electrons. The van der Waals surface area contributed by atoms with Gasteiger partial charge in [0, 0.05) is 12.2 Å². The maximum absolute atomic E-state index is 10.1. The summed E-state index contributed by atoms with van der Waals surface area (Å²) in [5, 5.41) is 55.1. The predicted octanol–water partition coefficient (Wildman–Crippen LogP) is 2.35. The van der Waals surface area contributed by atoms with Crippen molar-refractivity contribution < 1.29 is 40.2 Å². The molecule has 0 aliphatic heterocycles. The zero-order valence-electron chi connectivity index (χ0n) is 19.8. The summed E-state index contributed by atoms with van der Waals surface area (Å²) in [6.07, 6.45) is 11.6. The third kappa shape index (κ3) is 5.90. The maximum atomic E-state index is 10.1. The molecule has 6 atom stereocenters. The molecular formula is C26H40O8. The van der Waals surface area contributed by atoms with E-state index in [-0.39, 0.29) is 0 Å². The molecule has 8 aliphatic carbocycles. The van der Waals surface area contributed by atoms with Gasteiger partial charge in [-0.05, 0) is 99.7 Å². The van der Waals surface area contributed by atoms with Crippen molar-refractivity contribution in [3.63, 3.8) is 0 Å². The van der Waals surface area contributed by atoms with E-state index in [0.29, 0.717) is 11.8 Å². The average Bonchev–Trinajstić information content (AvgIpc) is 2.75. The Morgan fingerprint density at radius 1 is 0.618 bits per heavy atom. The summed E-state index contributed by atoms with van der Waals surface area (Å²) < 4.78 is 0. The normalized spacial score (nSPS) is 46.0. The third-order valence-electron chi connectivity index (χ3n) is 8.79. The van der Waals surface area contributed by atoms with Gasteiger partial charge in [0.05, 0.1) is 23.4 Å². The van der Waals surface area contributed by atoms with Gasteiger partial charge in [0.15, 0.2) is 0 Å². The van der Waals surface area contributed by atoms with Crippen LogP contribution in [-0.2, 0) is 9.59 Å². The summed E-state index contributed by atoms with van der Waals surface area (Å²) in [7, 11) is 0. The van der Waals surface area contributed by atoms with Crippen LogP contribution in [0.15, 0.2) is 25.3 Å². The van der Waals surface area contributed by atoms with Gasteiger partial charge in [-0.15, -0.1) is 0 Å². The number of carbonyl (C=O) groups is 2. The van der Waals surface area contributed by atoms with E-state index < -0.39 is 35.3 Å². The zero-order valence-corrected chi connectivity index (χ0v) is 19.8. The lowest BCUT2D eigenvalue weighted by molar-refractivity contribution is -0.203. The van der Waals surface area contributed by atoms with Gasteiger partial charge in [0.2, 0.25) is 0 Å². The van der Waals surface area contributed by atoms with Crippen LogP contribution in [0, 0.1) is 35.5 Å². The molecular weight excluding hydrogens is 440 g/mol. The van der Waals surface area contributed by atoms with Crippen LogP contribution in [0.2, 0.25) is 0 Å². The van der Waals surface area contributed by atoms with Crippen LogP contribution in [0.5, 0.6) is 0 Å². The molecule has 8 saturated carbocycles. The molecule has 192 valence electrons. The molecule has 8 rings (SSSR count). The van der Waals surface area contributed by atoms with Crippen LogP contribution < -0.4 is 0 Å². The van der Waals surface area contributed by atoms with Gasteiger partial charge >= 0.3 is 11.9 Å². The van der Waals surface area contributed by atoms with Crippen molar-refractivity contribution in [3.8, 4) is 0 Å². The van der Waals surface area contributed by atoms with E-state index in [1.54, 1.807) is 0 Å². The van der Waals surface area contributed by atoms with E-state index in [1.165, 1.54) is 38.5 Å². The number of carboxylic acids is 2. The molecule has 8 bridgehead atoms. The predicted molar refractivity (Wildman–Crippen MR) is 125 cm³/mol. The Labute approximate surface area is 201 Å². The highest BCUT2D eigenvalue weighted by atomic mass is 16.4. The molecule has 8 nitrogen and oxygen atoms in total. The summed E-state index contributed by atoms with van der Waals surface area (Å²) in [5.41, 5.74) is -1.37. The molecule has 0 aromatic heterocycles. The van der Waals surface area contributed by atoms with Gasteiger partial charge in [-0.3, -0.25) is 0 Å². The summed E-state index contributed by atoms with van der Waals surface area (Å²) >= 11 is 0.